The van der Waals surface area contributed by atoms with E-state index >= 15 is 0 Å². The summed E-state index contributed by atoms with van der Waals surface area (Å²) in [5, 5.41) is 11.4. The van der Waals surface area contributed by atoms with Crippen LogP contribution in [0.4, 0.5) is 17.5 Å². The van der Waals surface area contributed by atoms with Crippen LogP contribution in [0.5, 0.6) is 0 Å². The molecule has 8 heteroatoms. The number of nitrogens with zero attached hydrogens (tertiary/aromatic N) is 4. The van der Waals surface area contributed by atoms with Crippen LogP contribution >= 0.6 is 0 Å². The highest BCUT2D eigenvalue weighted by Gasteiger charge is 2.40. The number of rotatable bonds is 4. The molecule has 1 aromatic carbocycles. The Bertz CT molecular complexity index is 780. The molecule has 26 heavy (non-hydrogen) atoms. The van der Waals surface area contributed by atoms with Gasteiger partial charge in [-0.2, -0.15) is 10.1 Å². The van der Waals surface area contributed by atoms with Gasteiger partial charge >= 0.3 is 0 Å². The van der Waals surface area contributed by atoms with Crippen LogP contribution < -0.4 is 10.2 Å². The molecule has 2 aromatic rings. The second-order valence-electron chi connectivity index (χ2n) is 6.49. The number of hydrogen-bond acceptors (Lipinski definition) is 8. The molecule has 0 radical (unpaired) electrons. The van der Waals surface area contributed by atoms with E-state index in [0.29, 0.717) is 30.5 Å². The molecule has 2 aliphatic heterocycles. The molecule has 1 aromatic heterocycles. The summed E-state index contributed by atoms with van der Waals surface area (Å²) in [6.45, 7) is 4.41. The lowest BCUT2D eigenvalue weighted by Gasteiger charge is -2.37. The zero-order chi connectivity index (χ0) is 18.0. The second kappa shape index (κ2) is 6.97. The van der Waals surface area contributed by atoms with Crippen LogP contribution in [0.1, 0.15) is 30.1 Å². The Kier molecular flexibility index (Phi) is 4.52. The van der Waals surface area contributed by atoms with Crippen molar-refractivity contribution in [2.75, 3.05) is 36.5 Å². The maximum atomic E-state index is 11.4. The fourth-order valence-electron chi connectivity index (χ4n) is 3.26. The SMILES string of the molecule is CC(=O)c1ccc(Nc2cnnc(N3CCC4(CC3)OCCO4)n2)cc1. The number of benzene rings is 1. The normalized spacial score (nSPS) is 18.9. The first-order valence-corrected chi connectivity index (χ1v) is 8.74. The minimum atomic E-state index is -0.418. The summed E-state index contributed by atoms with van der Waals surface area (Å²) in [5.41, 5.74) is 1.52. The topological polar surface area (TPSA) is 89.5 Å². The van der Waals surface area contributed by atoms with E-state index in [1.807, 2.05) is 12.1 Å². The molecular weight excluding hydrogens is 334 g/mol. The van der Waals surface area contributed by atoms with Gasteiger partial charge in [0.15, 0.2) is 17.4 Å². The average molecular weight is 355 g/mol. The third-order valence-corrected chi connectivity index (χ3v) is 4.73. The van der Waals surface area contributed by atoms with Crippen molar-refractivity contribution < 1.29 is 14.3 Å². The molecule has 0 atom stereocenters. The molecule has 0 saturated carbocycles. The second-order valence-corrected chi connectivity index (χ2v) is 6.49. The Morgan fingerprint density at radius 3 is 2.50 bits per heavy atom. The standard InChI is InChI=1S/C18H21N5O3/c1-13(24)14-2-4-15(5-3-14)20-16-12-19-22-17(21-16)23-8-6-18(7-9-23)25-10-11-26-18/h2-5,12H,6-11H2,1H3,(H,20,21,22). The fourth-order valence-corrected chi connectivity index (χ4v) is 3.26. The van der Waals surface area contributed by atoms with Crippen LogP contribution in [0.25, 0.3) is 0 Å². The number of carbonyl (C=O) groups is 1. The van der Waals surface area contributed by atoms with E-state index < -0.39 is 5.79 Å². The van der Waals surface area contributed by atoms with Crippen molar-refractivity contribution in [1.29, 1.82) is 0 Å². The first-order chi connectivity index (χ1) is 12.6. The molecule has 1 spiro atoms. The van der Waals surface area contributed by atoms with Crippen molar-refractivity contribution in [2.45, 2.75) is 25.6 Å². The average Bonchev–Trinajstić information content (AvgIpc) is 3.11. The third kappa shape index (κ3) is 3.51. The van der Waals surface area contributed by atoms with Gasteiger partial charge in [-0.15, -0.1) is 5.10 Å². The Labute approximate surface area is 151 Å². The number of nitrogens with one attached hydrogen (secondary N) is 1. The van der Waals surface area contributed by atoms with E-state index in [4.69, 9.17) is 9.47 Å². The number of ether oxygens (including phenoxy) is 2. The summed E-state index contributed by atoms with van der Waals surface area (Å²) in [6.07, 6.45) is 3.16. The summed E-state index contributed by atoms with van der Waals surface area (Å²) in [7, 11) is 0. The van der Waals surface area contributed by atoms with E-state index in [2.05, 4.69) is 25.4 Å². The van der Waals surface area contributed by atoms with E-state index in [1.54, 1.807) is 25.3 Å². The van der Waals surface area contributed by atoms with Crippen LogP contribution in [0.15, 0.2) is 30.5 Å². The maximum absolute atomic E-state index is 11.4. The summed E-state index contributed by atoms with van der Waals surface area (Å²) in [4.78, 5) is 18.0. The maximum Gasteiger partial charge on any atom is 0.247 e. The Morgan fingerprint density at radius 1 is 1.15 bits per heavy atom. The number of Topliss-reactive ketones (excluding diaryl/α,β-unsaturated/α-hetero) is 1. The number of aromatic nitrogens is 3. The molecule has 2 fully saturated rings. The number of piperidine rings is 1. The van der Waals surface area contributed by atoms with Crippen molar-refractivity contribution in [3.8, 4) is 0 Å². The van der Waals surface area contributed by atoms with Crippen molar-refractivity contribution in [3.05, 3.63) is 36.0 Å². The van der Waals surface area contributed by atoms with Gasteiger partial charge in [0.2, 0.25) is 5.95 Å². The number of hydrogen-bond donors (Lipinski definition) is 1. The monoisotopic (exact) mass is 355 g/mol. The molecule has 0 aliphatic carbocycles. The summed E-state index contributed by atoms with van der Waals surface area (Å²) < 4.78 is 11.5. The van der Waals surface area contributed by atoms with Gasteiger partial charge in [0.05, 0.1) is 19.4 Å². The lowest BCUT2D eigenvalue weighted by atomic mass is 10.0. The lowest BCUT2D eigenvalue weighted by Crippen LogP contribution is -2.45. The molecule has 8 nitrogen and oxygen atoms in total. The zero-order valence-electron chi connectivity index (χ0n) is 14.6. The van der Waals surface area contributed by atoms with Gasteiger partial charge in [0, 0.05) is 37.2 Å². The molecule has 2 saturated heterocycles. The van der Waals surface area contributed by atoms with Crippen molar-refractivity contribution in [3.63, 3.8) is 0 Å². The zero-order valence-corrected chi connectivity index (χ0v) is 14.6. The van der Waals surface area contributed by atoms with Gasteiger partial charge < -0.3 is 19.7 Å². The third-order valence-electron chi connectivity index (χ3n) is 4.73. The van der Waals surface area contributed by atoms with Gasteiger partial charge in [-0.05, 0) is 31.2 Å². The minimum Gasteiger partial charge on any atom is -0.347 e. The predicted octanol–water partition coefficient (Wildman–Crippen LogP) is 2.16. The minimum absolute atomic E-state index is 0.0423. The summed E-state index contributed by atoms with van der Waals surface area (Å²) >= 11 is 0. The van der Waals surface area contributed by atoms with Crippen LogP contribution in [0.2, 0.25) is 0 Å². The van der Waals surface area contributed by atoms with Crippen LogP contribution in [-0.4, -0.2) is 53.1 Å². The number of ketones is 1. The van der Waals surface area contributed by atoms with Crippen molar-refractivity contribution >= 4 is 23.2 Å². The Morgan fingerprint density at radius 2 is 1.85 bits per heavy atom. The molecule has 2 aliphatic rings. The lowest BCUT2D eigenvalue weighted by molar-refractivity contribution is -0.169. The van der Waals surface area contributed by atoms with Crippen LogP contribution in [0.3, 0.4) is 0 Å². The first-order valence-electron chi connectivity index (χ1n) is 8.74. The molecule has 0 unspecified atom stereocenters. The highest BCUT2D eigenvalue weighted by Crippen LogP contribution is 2.32. The quantitative estimate of drug-likeness (QED) is 0.835. The highest BCUT2D eigenvalue weighted by atomic mass is 16.7. The predicted molar refractivity (Wildman–Crippen MR) is 95.6 cm³/mol. The summed E-state index contributed by atoms with van der Waals surface area (Å²) in [6, 6.07) is 7.26. The molecular formula is C18H21N5O3. The van der Waals surface area contributed by atoms with Gasteiger partial charge in [-0.1, -0.05) is 0 Å². The number of anilines is 3. The van der Waals surface area contributed by atoms with Gasteiger partial charge in [0.1, 0.15) is 0 Å². The molecule has 4 rings (SSSR count). The first kappa shape index (κ1) is 16.9. The van der Waals surface area contributed by atoms with E-state index in [1.165, 1.54) is 0 Å². The van der Waals surface area contributed by atoms with Crippen molar-refractivity contribution in [2.24, 2.45) is 0 Å². The Hall–Kier alpha value is -2.58. The Balaban J connectivity index is 1.42. The van der Waals surface area contributed by atoms with E-state index in [-0.39, 0.29) is 5.78 Å². The largest absolute Gasteiger partial charge is 0.347 e. The summed E-state index contributed by atoms with van der Waals surface area (Å²) in [5.74, 6) is 0.821. The van der Waals surface area contributed by atoms with Crippen molar-refractivity contribution in [1.82, 2.24) is 15.2 Å². The molecule has 0 amide bonds. The fraction of sp³-hybridized carbons (Fsp3) is 0.444. The van der Waals surface area contributed by atoms with E-state index in [0.717, 1.165) is 31.6 Å². The number of carbonyl (C=O) groups excluding carboxylic acids is 1. The van der Waals surface area contributed by atoms with Crippen LogP contribution in [-0.2, 0) is 9.47 Å². The highest BCUT2D eigenvalue weighted by molar-refractivity contribution is 5.94. The smallest absolute Gasteiger partial charge is 0.247 e. The van der Waals surface area contributed by atoms with Gasteiger partial charge in [-0.25, -0.2) is 0 Å². The molecule has 3 heterocycles. The molecule has 0 bridgehead atoms. The van der Waals surface area contributed by atoms with Crippen LogP contribution in [0, 0.1) is 0 Å². The van der Waals surface area contributed by atoms with E-state index in [9.17, 15) is 4.79 Å². The van der Waals surface area contributed by atoms with Gasteiger partial charge in [0.25, 0.3) is 0 Å². The molecule has 136 valence electrons. The van der Waals surface area contributed by atoms with Gasteiger partial charge in [-0.3, -0.25) is 4.79 Å². The molecule has 1 N–H and O–H groups in total.